The monoisotopic (exact) mass is 301 g/mol. The van der Waals surface area contributed by atoms with Crippen LogP contribution >= 0.6 is 0 Å². The van der Waals surface area contributed by atoms with Crippen molar-refractivity contribution in [3.63, 3.8) is 0 Å². The highest BCUT2D eigenvalue weighted by molar-refractivity contribution is 6.11. The number of fused-ring (bicyclic) bond motifs is 3. The van der Waals surface area contributed by atoms with Gasteiger partial charge in [-0.15, -0.1) is 0 Å². The molecule has 4 nitrogen and oxygen atoms in total. The Kier molecular flexibility index (Phi) is 3.20. The topological polar surface area (TPSA) is 56.5 Å². The van der Waals surface area contributed by atoms with Crippen molar-refractivity contribution in [2.45, 2.75) is 19.3 Å². The highest BCUT2D eigenvalue weighted by atomic mass is 16.2. The molecular weight excluding hydrogens is 286 g/mol. The van der Waals surface area contributed by atoms with Gasteiger partial charge in [-0.1, -0.05) is 24.3 Å². The molecule has 4 rings (SSSR count). The molecule has 112 valence electrons. The van der Waals surface area contributed by atoms with Crippen molar-refractivity contribution in [1.29, 1.82) is 5.26 Å². The number of rotatable bonds is 1. The van der Waals surface area contributed by atoms with Crippen LogP contribution in [0.25, 0.3) is 0 Å². The van der Waals surface area contributed by atoms with Gasteiger partial charge < -0.3 is 0 Å². The van der Waals surface area contributed by atoms with E-state index in [1.54, 1.807) is 0 Å². The number of hydrogen-bond donors (Lipinski definition) is 0. The maximum Gasteiger partial charge on any atom is 0.248 e. The zero-order valence-electron chi connectivity index (χ0n) is 12.6. The van der Waals surface area contributed by atoms with Gasteiger partial charge in [-0.25, -0.2) is 5.01 Å². The van der Waals surface area contributed by atoms with Gasteiger partial charge in [-0.2, -0.15) is 10.4 Å². The highest BCUT2D eigenvalue weighted by Crippen LogP contribution is 2.33. The molecule has 1 heterocycles. The molecule has 0 radical (unpaired) electrons. The summed E-state index contributed by atoms with van der Waals surface area (Å²) in [4.78, 5) is 12.5. The van der Waals surface area contributed by atoms with Gasteiger partial charge in [0.25, 0.3) is 0 Å². The van der Waals surface area contributed by atoms with E-state index in [9.17, 15) is 4.79 Å². The van der Waals surface area contributed by atoms with Gasteiger partial charge in [0.1, 0.15) is 0 Å². The number of anilines is 1. The second kappa shape index (κ2) is 5.36. The maximum atomic E-state index is 12.5. The van der Waals surface area contributed by atoms with E-state index in [1.165, 1.54) is 10.6 Å². The molecule has 2 aromatic rings. The van der Waals surface area contributed by atoms with Crippen molar-refractivity contribution in [2.75, 3.05) is 5.01 Å². The van der Waals surface area contributed by atoms with Crippen LogP contribution in [0.3, 0.4) is 0 Å². The average Bonchev–Trinajstić information content (AvgIpc) is 2.61. The average molecular weight is 301 g/mol. The molecule has 0 bridgehead atoms. The first-order chi connectivity index (χ1) is 11.3. The summed E-state index contributed by atoms with van der Waals surface area (Å²) in [5, 5.41) is 15.3. The van der Waals surface area contributed by atoms with Crippen molar-refractivity contribution < 1.29 is 4.79 Å². The maximum absolute atomic E-state index is 12.5. The van der Waals surface area contributed by atoms with Crippen LogP contribution in [0.1, 0.15) is 29.5 Å². The molecule has 0 N–H and O–H groups in total. The molecule has 0 spiro atoms. The first-order valence-corrected chi connectivity index (χ1v) is 7.76. The zero-order chi connectivity index (χ0) is 15.8. The van der Waals surface area contributed by atoms with Gasteiger partial charge in [-0.3, -0.25) is 4.79 Å². The number of amides is 1. The smallest absolute Gasteiger partial charge is 0.248 e. The summed E-state index contributed by atoms with van der Waals surface area (Å²) in [6, 6.07) is 17.4. The lowest BCUT2D eigenvalue weighted by molar-refractivity contribution is -0.119. The third kappa shape index (κ3) is 2.31. The summed E-state index contributed by atoms with van der Waals surface area (Å²) >= 11 is 0. The Morgan fingerprint density at radius 2 is 2.00 bits per heavy atom. The molecule has 1 amide bonds. The molecule has 1 atom stereocenters. The van der Waals surface area contributed by atoms with Crippen LogP contribution < -0.4 is 5.01 Å². The molecular formula is C19H15N3O. The van der Waals surface area contributed by atoms with E-state index >= 15 is 0 Å². The van der Waals surface area contributed by atoms with Crippen LogP contribution in [0.15, 0.2) is 53.6 Å². The largest absolute Gasteiger partial charge is 0.273 e. The van der Waals surface area contributed by atoms with E-state index in [-0.39, 0.29) is 11.8 Å². The van der Waals surface area contributed by atoms with Crippen LogP contribution in [-0.2, 0) is 11.2 Å². The molecule has 2 aromatic carbocycles. The number of nitrogens with zero attached hydrogens (tertiary/aromatic N) is 3. The van der Waals surface area contributed by atoms with Crippen LogP contribution in [0.5, 0.6) is 0 Å². The van der Waals surface area contributed by atoms with E-state index in [2.05, 4.69) is 11.2 Å². The predicted molar refractivity (Wildman–Crippen MR) is 88.1 cm³/mol. The quantitative estimate of drug-likeness (QED) is 0.811. The lowest BCUT2D eigenvalue weighted by Gasteiger charge is -2.33. The van der Waals surface area contributed by atoms with Crippen LogP contribution in [0.4, 0.5) is 5.69 Å². The summed E-state index contributed by atoms with van der Waals surface area (Å²) in [7, 11) is 0. The fourth-order valence-corrected chi connectivity index (χ4v) is 3.35. The Hall–Kier alpha value is -2.93. The van der Waals surface area contributed by atoms with Crippen LogP contribution in [0.2, 0.25) is 0 Å². The normalized spacial score (nSPS) is 19.4. The van der Waals surface area contributed by atoms with Gasteiger partial charge >= 0.3 is 0 Å². The van der Waals surface area contributed by atoms with Crippen molar-refractivity contribution in [3.8, 4) is 6.07 Å². The Labute approximate surface area is 134 Å². The summed E-state index contributed by atoms with van der Waals surface area (Å²) in [5.41, 5.74) is 4.59. The number of nitriles is 1. The fraction of sp³-hybridized carbons (Fsp3) is 0.211. The standard InChI is InChI=1S/C19H15N3O/c20-12-13-6-7-14-8-9-15-11-18(23)22(16-4-2-1-3-5-16)21-19(15)17(14)10-13/h1-7,10,15H,8-9,11H2. The van der Waals surface area contributed by atoms with Crippen molar-refractivity contribution >= 4 is 17.3 Å². The van der Waals surface area contributed by atoms with Crippen molar-refractivity contribution in [2.24, 2.45) is 11.0 Å². The highest BCUT2D eigenvalue weighted by Gasteiger charge is 2.34. The number of para-hydroxylation sites is 1. The molecule has 4 heteroatoms. The van der Waals surface area contributed by atoms with E-state index in [1.807, 2.05) is 48.5 Å². The third-order valence-electron chi connectivity index (χ3n) is 4.53. The molecule has 1 unspecified atom stereocenters. The molecule has 0 saturated heterocycles. The van der Waals surface area contributed by atoms with Gasteiger partial charge in [0.05, 0.1) is 23.0 Å². The van der Waals surface area contributed by atoms with Crippen molar-refractivity contribution in [1.82, 2.24) is 0 Å². The SMILES string of the molecule is N#Cc1ccc2c(c1)C1=NN(c3ccccc3)C(=O)CC1CC2. The van der Waals surface area contributed by atoms with Gasteiger partial charge in [0, 0.05) is 17.9 Å². The van der Waals surface area contributed by atoms with Gasteiger partial charge in [-0.05, 0) is 42.7 Å². The molecule has 0 aromatic heterocycles. The Balaban J connectivity index is 1.84. The number of benzene rings is 2. The van der Waals surface area contributed by atoms with Gasteiger partial charge in [0.2, 0.25) is 5.91 Å². The minimum atomic E-state index is 0.0323. The Morgan fingerprint density at radius 1 is 1.17 bits per heavy atom. The molecule has 0 saturated carbocycles. The van der Waals surface area contributed by atoms with Crippen LogP contribution in [-0.4, -0.2) is 11.6 Å². The summed E-state index contributed by atoms with van der Waals surface area (Å²) in [6.45, 7) is 0. The Bertz CT molecular complexity index is 849. The number of hydrazone groups is 1. The Morgan fingerprint density at radius 3 is 2.78 bits per heavy atom. The third-order valence-corrected chi connectivity index (χ3v) is 4.53. The molecule has 2 aliphatic rings. The predicted octanol–water partition coefficient (Wildman–Crippen LogP) is 3.26. The van der Waals surface area contributed by atoms with Crippen molar-refractivity contribution in [3.05, 3.63) is 65.2 Å². The molecule has 1 aliphatic heterocycles. The number of carbonyl (C=O) groups excluding carboxylic acids is 1. The lowest BCUT2D eigenvalue weighted by Crippen LogP contribution is -2.39. The fourth-order valence-electron chi connectivity index (χ4n) is 3.35. The second-order valence-corrected chi connectivity index (χ2v) is 5.95. The molecule has 0 fully saturated rings. The first-order valence-electron chi connectivity index (χ1n) is 7.76. The van der Waals surface area contributed by atoms with E-state index in [0.29, 0.717) is 12.0 Å². The summed E-state index contributed by atoms with van der Waals surface area (Å²) < 4.78 is 0. The zero-order valence-corrected chi connectivity index (χ0v) is 12.6. The summed E-state index contributed by atoms with van der Waals surface area (Å²) in [5.74, 6) is 0.189. The van der Waals surface area contributed by atoms with Gasteiger partial charge in [0.15, 0.2) is 0 Å². The molecule has 23 heavy (non-hydrogen) atoms. The lowest BCUT2D eigenvalue weighted by atomic mass is 9.79. The first kappa shape index (κ1) is 13.7. The minimum absolute atomic E-state index is 0.0323. The number of aryl methyl sites for hydroxylation is 1. The molecule has 1 aliphatic carbocycles. The van der Waals surface area contributed by atoms with E-state index in [4.69, 9.17) is 5.26 Å². The minimum Gasteiger partial charge on any atom is -0.273 e. The number of carbonyl (C=O) groups is 1. The summed E-state index contributed by atoms with van der Waals surface area (Å²) in [6.07, 6.45) is 2.35. The van der Waals surface area contributed by atoms with E-state index < -0.39 is 0 Å². The second-order valence-electron chi connectivity index (χ2n) is 5.95. The van der Waals surface area contributed by atoms with E-state index in [0.717, 1.165) is 29.8 Å². The van der Waals surface area contributed by atoms with Crippen LogP contribution in [0, 0.1) is 17.2 Å². The number of hydrogen-bond acceptors (Lipinski definition) is 3.